The lowest BCUT2D eigenvalue weighted by molar-refractivity contribution is -0.122. The number of likely N-dealkylation sites (N-methyl/N-ethyl adjacent to an activating group) is 2. The number of carbonyl (C=O) groups is 1. The zero-order chi connectivity index (χ0) is 19.3. The number of hydrogen-bond acceptors (Lipinski definition) is 3. The highest BCUT2D eigenvalue weighted by Gasteiger charge is 2.43. The molecule has 0 unspecified atom stereocenters. The molecule has 2 aromatic rings. The third-order valence-electron chi connectivity index (χ3n) is 5.77. The lowest BCUT2D eigenvalue weighted by atomic mass is 9.86. The second kappa shape index (κ2) is 6.12. The number of fused-ring (bicyclic) bond motifs is 1. The Labute approximate surface area is 160 Å². The number of anilines is 1. The molecule has 4 rings (SSSR count). The Bertz CT molecular complexity index is 980. The molecule has 0 fully saturated rings. The van der Waals surface area contributed by atoms with E-state index in [0.717, 1.165) is 29.0 Å². The number of carbonyl (C=O) groups excluding carboxylic acids is 1. The summed E-state index contributed by atoms with van der Waals surface area (Å²) in [7, 11) is 2.09. The van der Waals surface area contributed by atoms with Gasteiger partial charge < -0.3 is 9.80 Å². The van der Waals surface area contributed by atoms with E-state index in [0.29, 0.717) is 6.54 Å². The zero-order valence-electron chi connectivity index (χ0n) is 16.7. The van der Waals surface area contributed by atoms with Crippen LogP contribution in [0.15, 0.2) is 48.4 Å². The second-order valence-corrected chi connectivity index (χ2v) is 7.88. The molecular weight excluding hydrogens is 336 g/mol. The van der Waals surface area contributed by atoms with E-state index in [-0.39, 0.29) is 5.91 Å². The van der Waals surface area contributed by atoms with Crippen molar-refractivity contribution in [3.05, 3.63) is 59.6 Å². The summed E-state index contributed by atoms with van der Waals surface area (Å²) in [6.45, 7) is 9.71. The van der Waals surface area contributed by atoms with Gasteiger partial charge in [-0.2, -0.15) is 5.10 Å². The van der Waals surface area contributed by atoms with Gasteiger partial charge in [0.15, 0.2) is 0 Å². The maximum absolute atomic E-state index is 12.7. The SMILES string of the molecule is CCN1C(=O)C(C)(C)c2ccc(-n3cc(C4=CCN(C)C(C)=C4)cn3)cc21. The van der Waals surface area contributed by atoms with E-state index in [1.54, 1.807) is 0 Å². The maximum Gasteiger partial charge on any atom is 0.237 e. The summed E-state index contributed by atoms with van der Waals surface area (Å²) in [5, 5.41) is 4.57. The summed E-state index contributed by atoms with van der Waals surface area (Å²) < 4.78 is 1.89. The van der Waals surface area contributed by atoms with Crippen molar-refractivity contribution in [2.24, 2.45) is 0 Å². The third kappa shape index (κ3) is 2.69. The molecule has 27 heavy (non-hydrogen) atoms. The minimum absolute atomic E-state index is 0.162. The average molecular weight is 362 g/mol. The minimum atomic E-state index is -0.472. The molecule has 1 aromatic heterocycles. The van der Waals surface area contributed by atoms with Gasteiger partial charge in [0.25, 0.3) is 0 Å². The molecule has 0 saturated carbocycles. The highest BCUT2D eigenvalue weighted by Crippen LogP contribution is 2.42. The molecule has 0 saturated heterocycles. The highest BCUT2D eigenvalue weighted by molar-refractivity contribution is 6.07. The van der Waals surface area contributed by atoms with E-state index in [4.69, 9.17) is 0 Å². The second-order valence-electron chi connectivity index (χ2n) is 7.88. The van der Waals surface area contributed by atoms with E-state index in [1.165, 1.54) is 11.3 Å². The van der Waals surface area contributed by atoms with Gasteiger partial charge in [-0.05, 0) is 57.0 Å². The van der Waals surface area contributed by atoms with Crippen molar-refractivity contribution in [1.82, 2.24) is 14.7 Å². The molecule has 1 aromatic carbocycles. The molecule has 0 spiro atoms. The monoisotopic (exact) mass is 362 g/mol. The van der Waals surface area contributed by atoms with E-state index >= 15 is 0 Å². The van der Waals surface area contributed by atoms with Crippen molar-refractivity contribution in [1.29, 1.82) is 0 Å². The topological polar surface area (TPSA) is 41.4 Å². The van der Waals surface area contributed by atoms with Gasteiger partial charge in [-0.25, -0.2) is 4.68 Å². The molecule has 5 heteroatoms. The number of rotatable bonds is 3. The molecule has 0 atom stereocenters. The molecule has 0 radical (unpaired) electrons. The zero-order valence-corrected chi connectivity index (χ0v) is 16.7. The van der Waals surface area contributed by atoms with Crippen molar-refractivity contribution >= 4 is 17.2 Å². The van der Waals surface area contributed by atoms with Crippen molar-refractivity contribution in [2.75, 3.05) is 25.0 Å². The van der Waals surface area contributed by atoms with Crippen LogP contribution in [0, 0.1) is 0 Å². The Kier molecular flexibility index (Phi) is 3.98. The van der Waals surface area contributed by atoms with E-state index in [1.807, 2.05) is 42.6 Å². The van der Waals surface area contributed by atoms with Gasteiger partial charge in [-0.1, -0.05) is 12.1 Å². The molecule has 0 aliphatic carbocycles. The molecule has 140 valence electrons. The molecular formula is C22H26N4O. The van der Waals surface area contributed by atoms with E-state index < -0.39 is 5.41 Å². The van der Waals surface area contributed by atoms with Gasteiger partial charge in [0.2, 0.25) is 5.91 Å². The molecule has 0 N–H and O–H groups in total. The summed E-state index contributed by atoms with van der Waals surface area (Å²) in [4.78, 5) is 16.8. The lowest BCUT2D eigenvalue weighted by Gasteiger charge is -2.22. The van der Waals surface area contributed by atoms with Crippen LogP contribution in [0.4, 0.5) is 5.69 Å². The van der Waals surface area contributed by atoms with Crippen LogP contribution in [-0.4, -0.2) is 40.7 Å². The third-order valence-corrected chi connectivity index (χ3v) is 5.77. The summed E-state index contributed by atoms with van der Waals surface area (Å²) in [5.74, 6) is 0.162. The van der Waals surface area contributed by atoms with Crippen molar-refractivity contribution < 1.29 is 4.79 Å². The van der Waals surface area contributed by atoms with Gasteiger partial charge in [-0.15, -0.1) is 0 Å². The number of amides is 1. The smallest absolute Gasteiger partial charge is 0.237 e. The van der Waals surface area contributed by atoms with Crippen molar-refractivity contribution in [3.8, 4) is 5.69 Å². The first kappa shape index (κ1) is 17.6. The number of benzene rings is 1. The van der Waals surface area contributed by atoms with Gasteiger partial charge in [-0.3, -0.25) is 4.79 Å². The summed E-state index contributed by atoms with van der Waals surface area (Å²) in [6, 6.07) is 6.19. The predicted molar refractivity (Wildman–Crippen MR) is 109 cm³/mol. The van der Waals surface area contributed by atoms with Gasteiger partial charge >= 0.3 is 0 Å². The Hall–Kier alpha value is -2.82. The number of allylic oxidation sites excluding steroid dienone is 3. The fourth-order valence-corrected chi connectivity index (χ4v) is 3.88. The molecule has 3 heterocycles. The minimum Gasteiger partial charge on any atom is -0.374 e. The first-order valence-corrected chi connectivity index (χ1v) is 9.44. The standard InChI is InChI=1S/C22H26N4O/c1-6-25-20-12-18(7-8-19(20)22(3,4)21(25)27)26-14-17(13-23-26)16-9-10-24(5)15(2)11-16/h7-9,11-14H,6,10H2,1-5H3. The molecule has 5 nitrogen and oxygen atoms in total. The number of hydrogen-bond donors (Lipinski definition) is 0. The normalized spacial score (nSPS) is 18.5. The van der Waals surface area contributed by atoms with Crippen LogP contribution in [0.5, 0.6) is 0 Å². The fourth-order valence-electron chi connectivity index (χ4n) is 3.88. The fraction of sp³-hybridized carbons (Fsp3) is 0.364. The van der Waals surface area contributed by atoms with Crippen LogP contribution in [0.2, 0.25) is 0 Å². The largest absolute Gasteiger partial charge is 0.374 e. The Balaban J connectivity index is 1.70. The highest BCUT2D eigenvalue weighted by atomic mass is 16.2. The molecule has 0 bridgehead atoms. The maximum atomic E-state index is 12.7. The lowest BCUT2D eigenvalue weighted by Crippen LogP contribution is -2.35. The van der Waals surface area contributed by atoms with Gasteiger partial charge in [0.1, 0.15) is 0 Å². The summed E-state index contributed by atoms with van der Waals surface area (Å²) in [6.07, 6.45) is 8.37. The van der Waals surface area contributed by atoms with E-state index in [2.05, 4.69) is 54.5 Å². The van der Waals surface area contributed by atoms with Crippen LogP contribution in [-0.2, 0) is 10.2 Å². The number of nitrogens with zero attached hydrogens (tertiary/aromatic N) is 4. The molecule has 2 aliphatic heterocycles. The molecule has 2 aliphatic rings. The Morgan fingerprint density at radius 3 is 2.74 bits per heavy atom. The van der Waals surface area contributed by atoms with Crippen LogP contribution in [0.25, 0.3) is 11.3 Å². The van der Waals surface area contributed by atoms with Crippen molar-refractivity contribution in [2.45, 2.75) is 33.1 Å². The van der Waals surface area contributed by atoms with Crippen LogP contribution < -0.4 is 4.90 Å². The Morgan fingerprint density at radius 1 is 1.26 bits per heavy atom. The van der Waals surface area contributed by atoms with Crippen LogP contribution in [0.3, 0.4) is 0 Å². The first-order chi connectivity index (χ1) is 12.8. The molecule has 1 amide bonds. The van der Waals surface area contributed by atoms with Crippen molar-refractivity contribution in [3.63, 3.8) is 0 Å². The summed E-state index contributed by atoms with van der Waals surface area (Å²) >= 11 is 0. The quantitative estimate of drug-likeness (QED) is 0.835. The predicted octanol–water partition coefficient (Wildman–Crippen LogP) is 3.75. The van der Waals surface area contributed by atoms with E-state index in [9.17, 15) is 4.79 Å². The Morgan fingerprint density at radius 2 is 2.04 bits per heavy atom. The number of aromatic nitrogens is 2. The first-order valence-electron chi connectivity index (χ1n) is 9.44. The van der Waals surface area contributed by atoms with Gasteiger partial charge in [0.05, 0.1) is 23.0 Å². The van der Waals surface area contributed by atoms with Crippen LogP contribution in [0.1, 0.15) is 38.8 Å². The average Bonchev–Trinajstić information content (AvgIpc) is 3.20. The van der Waals surface area contributed by atoms with Gasteiger partial charge in [0, 0.05) is 37.6 Å². The van der Waals surface area contributed by atoms with Crippen LogP contribution >= 0.6 is 0 Å². The summed E-state index contributed by atoms with van der Waals surface area (Å²) in [5.41, 5.74) is 6.13.